The molecule has 0 radical (unpaired) electrons. The van der Waals surface area contributed by atoms with Gasteiger partial charge in [0.25, 0.3) is 0 Å². The molecule has 9 N–H and O–H groups in total. The number of nitrogens with one attached hydrogen (secondary N) is 1. The van der Waals surface area contributed by atoms with Gasteiger partial charge >= 0.3 is 5.97 Å². The van der Waals surface area contributed by atoms with Gasteiger partial charge in [-0.2, -0.15) is 21.6 Å². The number of nitrogens with two attached hydrogens (primary N) is 1. The van der Waals surface area contributed by atoms with Crippen LogP contribution >= 0.6 is 11.8 Å². The molecule has 2 aromatic heterocycles. The number of anilines is 1. The van der Waals surface area contributed by atoms with Crippen LogP contribution in [0.2, 0.25) is 0 Å². The summed E-state index contributed by atoms with van der Waals surface area (Å²) in [5.74, 6) is -0.138. The lowest BCUT2D eigenvalue weighted by Gasteiger charge is -2.21. The Hall–Kier alpha value is -2.23. The molecule has 28 heavy (non-hydrogen) atoms. The number of hydrogen-bond donors (Lipinski definition) is 6. The second kappa shape index (κ2) is 9.31. The minimum Gasteiger partial charge on any atom is -0.480 e. The lowest BCUT2D eigenvalue weighted by atomic mass is 10.1. The van der Waals surface area contributed by atoms with Crippen LogP contribution in [-0.4, -0.2) is 83.9 Å². The van der Waals surface area contributed by atoms with E-state index < -0.39 is 30.4 Å². The molecule has 156 valence electrons. The minimum atomic E-state index is -1.40. The summed E-state index contributed by atoms with van der Waals surface area (Å²) in [6.45, 7) is 0.0316. The van der Waals surface area contributed by atoms with Gasteiger partial charge in [-0.05, 0) is 18.4 Å². The van der Waals surface area contributed by atoms with Crippen molar-refractivity contribution in [3.8, 4) is 0 Å². The van der Waals surface area contributed by atoms with E-state index in [1.807, 2.05) is 6.26 Å². The van der Waals surface area contributed by atoms with Crippen molar-refractivity contribution in [3.05, 3.63) is 12.7 Å². The highest BCUT2D eigenvalue weighted by atomic mass is 32.2. The molecule has 1 fully saturated rings. The average Bonchev–Trinajstić information content (AvgIpc) is 3.18. The maximum Gasteiger partial charge on any atom is 0.320 e. The number of carboxylic acids is 1. The Morgan fingerprint density at radius 1 is 1.43 bits per heavy atom. The van der Waals surface area contributed by atoms with E-state index in [4.69, 9.17) is 10.6 Å². The van der Waals surface area contributed by atoms with E-state index in [1.54, 1.807) is 11.8 Å². The van der Waals surface area contributed by atoms with Crippen LogP contribution in [0.25, 0.3) is 11.2 Å². The summed E-state index contributed by atoms with van der Waals surface area (Å²) < 4.78 is 1.31. The number of aliphatic carboxylic acids is 1. The molecule has 1 aliphatic rings. The Bertz CT molecular complexity index is 807. The van der Waals surface area contributed by atoms with Crippen molar-refractivity contribution < 1.29 is 25.0 Å². The third-order valence-corrected chi connectivity index (χ3v) is 4.83. The quantitative estimate of drug-likeness (QED) is 0.284. The molecule has 1 aliphatic heterocycles. The van der Waals surface area contributed by atoms with Crippen LogP contribution in [-0.2, 0) is 9.63 Å². The highest BCUT2D eigenvalue weighted by molar-refractivity contribution is 7.98. The SMILES string of the molecule is CSCC[C@H](NC[C@H]1ON(n2cnc3c(N)ncnc32)[C@H](O)[C@@H]1O)C(=O)O.N. The van der Waals surface area contributed by atoms with Crippen molar-refractivity contribution in [3.63, 3.8) is 0 Å². The summed E-state index contributed by atoms with van der Waals surface area (Å²) in [5.41, 5.74) is 6.36. The second-order valence-corrected chi connectivity index (χ2v) is 6.94. The molecule has 0 unspecified atom stereocenters. The van der Waals surface area contributed by atoms with E-state index in [-0.39, 0.29) is 18.5 Å². The van der Waals surface area contributed by atoms with Crippen molar-refractivity contribution in [2.45, 2.75) is 30.9 Å². The highest BCUT2D eigenvalue weighted by Crippen LogP contribution is 2.22. The molecule has 3 rings (SSSR count). The lowest BCUT2D eigenvalue weighted by molar-refractivity contribution is -0.139. The van der Waals surface area contributed by atoms with E-state index in [1.165, 1.54) is 17.3 Å². The van der Waals surface area contributed by atoms with Crippen molar-refractivity contribution in [2.24, 2.45) is 0 Å². The van der Waals surface area contributed by atoms with Crippen molar-refractivity contribution in [1.82, 2.24) is 31.1 Å². The number of carboxylic acid groups (broad SMARTS) is 1. The summed E-state index contributed by atoms with van der Waals surface area (Å²) in [4.78, 5) is 28.9. The van der Waals surface area contributed by atoms with Crippen LogP contribution in [0.1, 0.15) is 6.42 Å². The summed E-state index contributed by atoms with van der Waals surface area (Å²) in [7, 11) is 0. The maximum atomic E-state index is 11.3. The fourth-order valence-corrected chi connectivity index (χ4v) is 3.19. The molecule has 13 nitrogen and oxygen atoms in total. The average molecular weight is 416 g/mol. The van der Waals surface area contributed by atoms with E-state index in [0.717, 1.165) is 5.17 Å². The molecule has 1 saturated heterocycles. The number of fused-ring (bicyclic) bond motifs is 1. The number of hydrogen-bond acceptors (Lipinski definition) is 12. The smallest absolute Gasteiger partial charge is 0.320 e. The molecule has 2 aromatic rings. The van der Waals surface area contributed by atoms with Crippen LogP contribution < -0.4 is 22.4 Å². The number of aliphatic hydroxyl groups excluding tert-OH is 2. The molecule has 0 aromatic carbocycles. The number of aromatic nitrogens is 4. The van der Waals surface area contributed by atoms with Crippen LogP contribution in [0.3, 0.4) is 0 Å². The Balaban J connectivity index is 0.00000280. The third kappa shape index (κ3) is 4.26. The van der Waals surface area contributed by atoms with Gasteiger partial charge < -0.3 is 32.5 Å². The van der Waals surface area contributed by atoms with Gasteiger partial charge in [0.05, 0.1) is 0 Å². The predicted octanol–water partition coefficient (Wildman–Crippen LogP) is -1.70. The summed E-state index contributed by atoms with van der Waals surface area (Å²) in [5, 5.41) is 33.7. The first kappa shape index (κ1) is 22.1. The van der Waals surface area contributed by atoms with Gasteiger partial charge in [-0.1, -0.05) is 0 Å². The van der Waals surface area contributed by atoms with Crippen LogP contribution in [0.4, 0.5) is 5.82 Å². The van der Waals surface area contributed by atoms with Gasteiger partial charge in [-0.25, -0.2) is 19.8 Å². The largest absolute Gasteiger partial charge is 0.480 e. The van der Waals surface area contributed by atoms with E-state index >= 15 is 0 Å². The zero-order valence-electron chi connectivity index (χ0n) is 15.2. The van der Waals surface area contributed by atoms with Crippen molar-refractivity contribution >= 4 is 34.7 Å². The molecule has 0 saturated carbocycles. The first-order chi connectivity index (χ1) is 12.9. The molecule has 14 heteroatoms. The summed E-state index contributed by atoms with van der Waals surface area (Å²) in [6.07, 6.45) is 1.35. The highest BCUT2D eigenvalue weighted by Gasteiger charge is 2.43. The fraction of sp³-hybridized carbons (Fsp3) is 0.571. The lowest BCUT2D eigenvalue weighted by Crippen LogP contribution is -2.45. The first-order valence-corrected chi connectivity index (χ1v) is 9.54. The Morgan fingerprint density at radius 3 is 2.86 bits per heavy atom. The molecular weight excluding hydrogens is 392 g/mol. The fourth-order valence-electron chi connectivity index (χ4n) is 2.71. The van der Waals surface area contributed by atoms with Gasteiger partial charge in [0, 0.05) is 6.54 Å². The number of imidazole rings is 1. The van der Waals surface area contributed by atoms with Gasteiger partial charge in [0.15, 0.2) is 23.2 Å². The number of nitrogens with zero attached hydrogens (tertiary/aromatic N) is 5. The van der Waals surface area contributed by atoms with Crippen molar-refractivity contribution in [2.75, 3.05) is 29.5 Å². The molecule has 0 bridgehead atoms. The van der Waals surface area contributed by atoms with Crippen LogP contribution in [0, 0.1) is 0 Å². The summed E-state index contributed by atoms with van der Waals surface area (Å²) in [6, 6.07) is -0.777. The number of aliphatic hydroxyl groups is 2. The predicted molar refractivity (Wildman–Crippen MR) is 102 cm³/mol. The first-order valence-electron chi connectivity index (χ1n) is 8.15. The number of carbonyl (C=O) groups is 1. The molecule has 0 spiro atoms. The minimum absolute atomic E-state index is 0. The molecule has 4 atom stereocenters. The summed E-state index contributed by atoms with van der Waals surface area (Å²) >= 11 is 1.54. The third-order valence-electron chi connectivity index (χ3n) is 4.19. The molecule has 0 amide bonds. The topological polar surface area (TPSA) is 207 Å². The molecule has 0 aliphatic carbocycles. The van der Waals surface area contributed by atoms with Gasteiger partial charge in [-0.15, -0.1) is 0 Å². The van der Waals surface area contributed by atoms with Crippen LogP contribution in [0.5, 0.6) is 0 Å². The van der Waals surface area contributed by atoms with E-state index in [9.17, 15) is 20.1 Å². The standard InChI is InChI=1S/C14H21N7O5S.H3N/c1-27-3-2-7(14(24)25)16-4-8-10(22)13(23)21(26-8)20-6-19-9-11(15)17-5-18-12(9)20;/h5-8,10,13,16,22-23H,2-4H2,1H3,(H,24,25)(H2,15,17,18);1H3/t7-,8+,10+,13+;/m0./s1. The number of rotatable bonds is 8. The number of thioether (sulfide) groups is 1. The maximum absolute atomic E-state index is 11.3. The normalized spacial score (nSPS) is 23.0. The monoisotopic (exact) mass is 416 g/mol. The van der Waals surface area contributed by atoms with Gasteiger partial charge in [0.1, 0.15) is 30.9 Å². The Kier molecular flexibility index (Phi) is 7.34. The van der Waals surface area contributed by atoms with Gasteiger partial charge in [0.2, 0.25) is 0 Å². The van der Waals surface area contributed by atoms with Crippen molar-refractivity contribution in [1.29, 1.82) is 0 Å². The Labute approximate surface area is 164 Å². The van der Waals surface area contributed by atoms with E-state index in [2.05, 4.69) is 20.3 Å². The zero-order chi connectivity index (χ0) is 19.6. The Morgan fingerprint density at radius 2 is 2.18 bits per heavy atom. The zero-order valence-corrected chi connectivity index (χ0v) is 16.0. The van der Waals surface area contributed by atoms with Gasteiger partial charge in [-0.3, -0.25) is 4.79 Å². The number of nitrogen functional groups attached to an aromatic ring is 1. The van der Waals surface area contributed by atoms with E-state index in [0.29, 0.717) is 23.3 Å². The number of hydroxylamine groups is 1. The molecular formula is C14H24N8O5S. The van der Waals surface area contributed by atoms with Crippen LogP contribution in [0.15, 0.2) is 12.7 Å². The second-order valence-electron chi connectivity index (χ2n) is 5.95. The molecule has 3 heterocycles.